The fourth-order valence-electron chi connectivity index (χ4n) is 0.587. The number of nitrogens with one attached hydrogen (secondary N) is 1. The van der Waals surface area contributed by atoms with E-state index in [0.29, 0.717) is 0 Å². The maximum atomic E-state index is 3.08. The normalized spacial score (nSPS) is 8.30. The lowest BCUT2D eigenvalue weighted by atomic mass is 10.5. The van der Waals surface area contributed by atoms with E-state index in [-0.39, 0.29) is 0 Å². The summed E-state index contributed by atoms with van der Waals surface area (Å²) in [7, 11) is 1.96. The fraction of sp³-hybridized carbons (Fsp3) is 0.500. The van der Waals surface area contributed by atoms with Gasteiger partial charge >= 0.3 is 0 Å². The summed E-state index contributed by atoms with van der Waals surface area (Å²) in [5.74, 6) is 0. The summed E-state index contributed by atoms with van der Waals surface area (Å²) in [6.07, 6.45) is 0. The first-order chi connectivity index (χ1) is 4.93. The Kier molecular flexibility index (Phi) is 6.55. The molecule has 0 unspecified atom stereocenters. The van der Waals surface area contributed by atoms with Crippen LogP contribution in [0.15, 0.2) is 17.5 Å². The average molecular weight is 157 g/mol. The zero-order chi connectivity index (χ0) is 7.82. The van der Waals surface area contributed by atoms with Crippen molar-refractivity contribution in [3.8, 4) is 0 Å². The standard InChI is InChI=1S/C6H9NS.C2H6/c1-7-5-6-3-2-4-8-6;1-2/h2-4,7H,5H2,1H3;1-2H3. The molecular formula is C8H15NS. The SMILES string of the molecule is CC.CNCc1cccs1. The van der Waals surface area contributed by atoms with Gasteiger partial charge in [-0.05, 0) is 18.5 Å². The number of thiophene rings is 1. The van der Waals surface area contributed by atoms with Crippen molar-refractivity contribution >= 4 is 11.3 Å². The molecule has 0 aromatic carbocycles. The molecule has 1 rings (SSSR count). The Balaban J connectivity index is 0.000000371. The molecule has 1 aromatic heterocycles. The van der Waals surface area contributed by atoms with Gasteiger partial charge in [0.15, 0.2) is 0 Å². The van der Waals surface area contributed by atoms with E-state index >= 15 is 0 Å². The highest BCUT2D eigenvalue weighted by Crippen LogP contribution is 2.06. The molecule has 0 bridgehead atoms. The van der Waals surface area contributed by atoms with E-state index in [0.717, 1.165) is 6.54 Å². The maximum Gasteiger partial charge on any atom is 0.0296 e. The molecule has 0 saturated heterocycles. The van der Waals surface area contributed by atoms with Gasteiger partial charge in [-0.25, -0.2) is 0 Å². The molecule has 10 heavy (non-hydrogen) atoms. The number of hydrogen-bond donors (Lipinski definition) is 1. The second-order valence-electron chi connectivity index (χ2n) is 1.61. The van der Waals surface area contributed by atoms with Crippen LogP contribution in [0.1, 0.15) is 18.7 Å². The van der Waals surface area contributed by atoms with Crippen LogP contribution >= 0.6 is 11.3 Å². The monoisotopic (exact) mass is 157 g/mol. The number of rotatable bonds is 2. The van der Waals surface area contributed by atoms with Gasteiger partial charge in [0, 0.05) is 11.4 Å². The fourth-order valence-corrected chi connectivity index (χ4v) is 1.30. The summed E-state index contributed by atoms with van der Waals surface area (Å²) in [6, 6.07) is 4.19. The summed E-state index contributed by atoms with van der Waals surface area (Å²) < 4.78 is 0. The molecule has 1 heterocycles. The zero-order valence-electron chi connectivity index (χ0n) is 6.85. The first-order valence-electron chi connectivity index (χ1n) is 3.60. The van der Waals surface area contributed by atoms with Gasteiger partial charge in [0.05, 0.1) is 0 Å². The number of hydrogen-bond acceptors (Lipinski definition) is 2. The van der Waals surface area contributed by atoms with Crippen LogP contribution in [-0.2, 0) is 6.54 Å². The van der Waals surface area contributed by atoms with E-state index < -0.39 is 0 Å². The van der Waals surface area contributed by atoms with Crippen LogP contribution in [0, 0.1) is 0 Å². The van der Waals surface area contributed by atoms with Gasteiger partial charge in [-0.2, -0.15) is 0 Å². The van der Waals surface area contributed by atoms with Crippen LogP contribution in [0.2, 0.25) is 0 Å². The summed E-state index contributed by atoms with van der Waals surface area (Å²) in [5, 5.41) is 5.17. The highest BCUT2D eigenvalue weighted by Gasteiger charge is 1.86. The average Bonchev–Trinajstić information content (AvgIpc) is 2.46. The summed E-state index contributed by atoms with van der Waals surface area (Å²) in [4.78, 5) is 1.40. The molecule has 1 aromatic rings. The van der Waals surface area contributed by atoms with Crippen molar-refractivity contribution in [2.24, 2.45) is 0 Å². The van der Waals surface area contributed by atoms with E-state index in [1.54, 1.807) is 11.3 Å². The molecule has 0 saturated carbocycles. The van der Waals surface area contributed by atoms with Gasteiger partial charge in [-0.1, -0.05) is 19.9 Å². The Morgan fingerprint density at radius 3 is 2.60 bits per heavy atom. The lowest BCUT2D eigenvalue weighted by Crippen LogP contribution is -2.02. The Bertz CT molecular complexity index is 135. The Labute approximate surface area is 67.1 Å². The van der Waals surface area contributed by atoms with Gasteiger partial charge in [0.25, 0.3) is 0 Å². The molecule has 0 aliphatic heterocycles. The van der Waals surface area contributed by atoms with Gasteiger partial charge in [-0.3, -0.25) is 0 Å². The molecule has 0 aliphatic carbocycles. The van der Waals surface area contributed by atoms with Gasteiger partial charge in [0.2, 0.25) is 0 Å². The van der Waals surface area contributed by atoms with Crippen molar-refractivity contribution in [1.29, 1.82) is 0 Å². The summed E-state index contributed by atoms with van der Waals surface area (Å²) >= 11 is 1.78. The highest BCUT2D eigenvalue weighted by atomic mass is 32.1. The molecule has 0 amide bonds. The van der Waals surface area contributed by atoms with Crippen LogP contribution in [-0.4, -0.2) is 7.05 Å². The zero-order valence-corrected chi connectivity index (χ0v) is 7.66. The van der Waals surface area contributed by atoms with E-state index in [1.807, 2.05) is 20.9 Å². The maximum absolute atomic E-state index is 3.08. The first-order valence-corrected chi connectivity index (χ1v) is 4.48. The Hall–Kier alpha value is -0.340. The van der Waals surface area contributed by atoms with Crippen LogP contribution in [0.3, 0.4) is 0 Å². The summed E-state index contributed by atoms with van der Waals surface area (Å²) in [5.41, 5.74) is 0. The molecular weight excluding hydrogens is 142 g/mol. The van der Waals surface area contributed by atoms with Crippen molar-refractivity contribution in [3.05, 3.63) is 22.4 Å². The lowest BCUT2D eigenvalue weighted by molar-refractivity contribution is 0.831. The van der Waals surface area contributed by atoms with Gasteiger partial charge in [0.1, 0.15) is 0 Å². The van der Waals surface area contributed by atoms with E-state index in [2.05, 4.69) is 22.8 Å². The predicted molar refractivity (Wildman–Crippen MR) is 48.4 cm³/mol. The third kappa shape index (κ3) is 3.64. The minimum absolute atomic E-state index is 0.998. The molecule has 0 fully saturated rings. The third-order valence-electron chi connectivity index (χ3n) is 0.931. The predicted octanol–water partition coefficient (Wildman–Crippen LogP) is 2.49. The molecule has 0 atom stereocenters. The Morgan fingerprint density at radius 2 is 2.20 bits per heavy atom. The van der Waals surface area contributed by atoms with E-state index in [1.165, 1.54) is 4.88 Å². The molecule has 0 aliphatic rings. The van der Waals surface area contributed by atoms with E-state index in [9.17, 15) is 0 Å². The third-order valence-corrected chi connectivity index (χ3v) is 1.81. The van der Waals surface area contributed by atoms with Gasteiger partial charge < -0.3 is 5.32 Å². The van der Waals surface area contributed by atoms with Crippen LogP contribution in [0.4, 0.5) is 0 Å². The second-order valence-corrected chi connectivity index (χ2v) is 2.64. The van der Waals surface area contributed by atoms with E-state index in [4.69, 9.17) is 0 Å². The first kappa shape index (κ1) is 9.66. The molecule has 2 heteroatoms. The van der Waals surface area contributed by atoms with Crippen molar-refractivity contribution < 1.29 is 0 Å². The largest absolute Gasteiger partial charge is 0.315 e. The molecule has 58 valence electrons. The summed E-state index contributed by atoms with van der Waals surface area (Å²) in [6.45, 7) is 5.00. The quantitative estimate of drug-likeness (QED) is 0.695. The minimum atomic E-state index is 0.998. The topological polar surface area (TPSA) is 12.0 Å². The minimum Gasteiger partial charge on any atom is -0.315 e. The van der Waals surface area contributed by atoms with Gasteiger partial charge in [-0.15, -0.1) is 11.3 Å². The highest BCUT2D eigenvalue weighted by molar-refractivity contribution is 7.09. The van der Waals surface area contributed by atoms with Crippen molar-refractivity contribution in [1.82, 2.24) is 5.32 Å². The molecule has 0 spiro atoms. The van der Waals surface area contributed by atoms with Crippen molar-refractivity contribution in [2.75, 3.05) is 7.05 Å². The van der Waals surface area contributed by atoms with Crippen LogP contribution in [0.25, 0.3) is 0 Å². The molecule has 0 radical (unpaired) electrons. The van der Waals surface area contributed by atoms with Crippen LogP contribution < -0.4 is 5.32 Å². The smallest absolute Gasteiger partial charge is 0.0296 e. The van der Waals surface area contributed by atoms with Crippen molar-refractivity contribution in [2.45, 2.75) is 20.4 Å². The Morgan fingerprint density at radius 1 is 1.50 bits per heavy atom. The van der Waals surface area contributed by atoms with Crippen molar-refractivity contribution in [3.63, 3.8) is 0 Å². The molecule has 1 N–H and O–H groups in total. The second kappa shape index (κ2) is 6.78. The lowest BCUT2D eigenvalue weighted by Gasteiger charge is -1.89. The molecule has 1 nitrogen and oxygen atoms in total. The van der Waals surface area contributed by atoms with Crippen LogP contribution in [0.5, 0.6) is 0 Å².